The number of benzene rings is 3. The number of methoxy groups -OCH3 is 4. The number of hydrogen-bond acceptors (Lipinski definition) is 9. The summed E-state index contributed by atoms with van der Waals surface area (Å²) in [5.41, 5.74) is 5.79. The number of amides is 1. The first-order chi connectivity index (χ1) is 24.0. The maximum absolute atomic E-state index is 12.6. The van der Waals surface area contributed by atoms with Gasteiger partial charge in [-0.2, -0.15) is 0 Å². The van der Waals surface area contributed by atoms with Crippen molar-refractivity contribution >= 4 is 16.8 Å². The van der Waals surface area contributed by atoms with Crippen LogP contribution in [0.15, 0.2) is 60.8 Å². The van der Waals surface area contributed by atoms with Gasteiger partial charge in [-0.1, -0.05) is 6.07 Å². The predicted octanol–water partition coefficient (Wildman–Crippen LogP) is 3.73. The summed E-state index contributed by atoms with van der Waals surface area (Å²) in [5.74, 6) is 3.22. The van der Waals surface area contributed by atoms with Gasteiger partial charge < -0.3 is 39.5 Å². The number of nitrogens with zero attached hydrogens (tertiary/aromatic N) is 3. The minimum atomic E-state index is -0.172. The summed E-state index contributed by atoms with van der Waals surface area (Å²) in [6.07, 6.45) is 3.04. The van der Waals surface area contributed by atoms with Crippen LogP contribution in [0.5, 0.6) is 23.0 Å². The first-order valence-corrected chi connectivity index (χ1v) is 17.2. The number of carbonyl (C=O) groups excluding carboxylic acids is 1. The Morgan fingerprint density at radius 2 is 1.49 bits per heavy atom. The number of nitrogens with one attached hydrogen (secondary N) is 3. The molecule has 3 heterocycles. The fourth-order valence-corrected chi connectivity index (χ4v) is 6.87. The van der Waals surface area contributed by atoms with Gasteiger partial charge in [-0.15, -0.1) is 0 Å². The van der Waals surface area contributed by atoms with Crippen molar-refractivity contribution in [2.24, 2.45) is 0 Å². The van der Waals surface area contributed by atoms with Crippen molar-refractivity contribution in [2.45, 2.75) is 32.1 Å². The van der Waals surface area contributed by atoms with Crippen LogP contribution < -0.4 is 34.9 Å². The van der Waals surface area contributed by atoms with Crippen molar-refractivity contribution in [3.8, 4) is 34.1 Å². The fourth-order valence-electron chi connectivity index (χ4n) is 6.87. The number of aryl methyl sites for hydroxylation is 1. The van der Waals surface area contributed by atoms with Crippen molar-refractivity contribution < 1.29 is 23.7 Å². The fraction of sp³-hybridized carbons (Fsp3) is 0.447. The van der Waals surface area contributed by atoms with Gasteiger partial charge in [0, 0.05) is 112 Å². The highest BCUT2D eigenvalue weighted by molar-refractivity contribution is 5.98. The standard InChI is InChI=1S/C38H50N6O5/c1-46-29-7-8-32(37(22-29)49-4)34-26-44(13-5-10-41-38(45)35-23-39-11-12-40-35)36-9-6-27(20-33(34)36)24-42-14-16-43(17-15-42)25-28-18-30(47-2)21-31(19-28)48-3/h6-9,18-22,26,35,39-40H,5,10-17,23-25H2,1-4H3,(H,41,45). The zero-order valence-electron chi connectivity index (χ0n) is 29.2. The van der Waals surface area contributed by atoms with Gasteiger partial charge in [-0.25, -0.2) is 0 Å². The first-order valence-electron chi connectivity index (χ1n) is 17.2. The highest BCUT2D eigenvalue weighted by Gasteiger charge is 2.21. The normalized spacial score (nSPS) is 17.2. The molecule has 1 aromatic heterocycles. The topological polar surface area (TPSA) is 101 Å². The monoisotopic (exact) mass is 670 g/mol. The number of fused-ring (bicyclic) bond motifs is 1. The van der Waals surface area contributed by atoms with Gasteiger partial charge in [0.25, 0.3) is 0 Å². The zero-order valence-corrected chi connectivity index (χ0v) is 29.2. The van der Waals surface area contributed by atoms with Crippen LogP contribution in [0.25, 0.3) is 22.0 Å². The quantitative estimate of drug-likeness (QED) is 0.173. The second-order valence-corrected chi connectivity index (χ2v) is 12.8. The van der Waals surface area contributed by atoms with Gasteiger partial charge in [0.05, 0.1) is 34.5 Å². The van der Waals surface area contributed by atoms with E-state index < -0.39 is 0 Å². The van der Waals surface area contributed by atoms with Crippen LogP contribution >= 0.6 is 0 Å². The zero-order chi connectivity index (χ0) is 34.2. The second kappa shape index (κ2) is 16.4. The van der Waals surface area contributed by atoms with Crippen LogP contribution in [0, 0.1) is 0 Å². The number of ether oxygens (including phenoxy) is 4. The van der Waals surface area contributed by atoms with Crippen LogP contribution in [0.4, 0.5) is 0 Å². The summed E-state index contributed by atoms with van der Waals surface area (Å²) in [4.78, 5) is 17.7. The Morgan fingerprint density at radius 1 is 0.776 bits per heavy atom. The van der Waals surface area contributed by atoms with Gasteiger partial charge in [-0.05, 0) is 53.9 Å². The number of rotatable bonds is 14. The molecule has 4 aromatic rings. The molecule has 11 nitrogen and oxygen atoms in total. The lowest BCUT2D eigenvalue weighted by Crippen LogP contribution is -2.55. The van der Waals surface area contributed by atoms with Crippen molar-refractivity contribution in [3.63, 3.8) is 0 Å². The molecule has 1 amide bonds. The van der Waals surface area contributed by atoms with E-state index in [4.69, 9.17) is 18.9 Å². The number of carbonyl (C=O) groups is 1. The second-order valence-electron chi connectivity index (χ2n) is 12.8. The molecule has 2 aliphatic rings. The third kappa shape index (κ3) is 8.48. The van der Waals surface area contributed by atoms with E-state index in [1.54, 1.807) is 28.4 Å². The molecular formula is C38H50N6O5. The van der Waals surface area contributed by atoms with Crippen LogP contribution in [-0.4, -0.2) is 107 Å². The van der Waals surface area contributed by atoms with E-state index >= 15 is 0 Å². The minimum Gasteiger partial charge on any atom is -0.497 e. The van der Waals surface area contributed by atoms with E-state index in [2.05, 4.69) is 72.9 Å². The lowest BCUT2D eigenvalue weighted by atomic mass is 10.0. The number of hydrogen-bond donors (Lipinski definition) is 3. The third-order valence-electron chi connectivity index (χ3n) is 9.57. The lowest BCUT2D eigenvalue weighted by molar-refractivity contribution is -0.123. The van der Waals surface area contributed by atoms with E-state index in [1.165, 1.54) is 22.0 Å². The summed E-state index contributed by atoms with van der Waals surface area (Å²) in [6, 6.07) is 18.8. The van der Waals surface area contributed by atoms with Crippen LogP contribution in [0.3, 0.4) is 0 Å². The smallest absolute Gasteiger partial charge is 0.238 e. The summed E-state index contributed by atoms with van der Waals surface area (Å²) in [7, 11) is 6.75. The van der Waals surface area contributed by atoms with Crippen molar-refractivity contribution in [1.82, 2.24) is 30.3 Å². The van der Waals surface area contributed by atoms with E-state index in [0.29, 0.717) is 13.1 Å². The largest absolute Gasteiger partial charge is 0.497 e. The molecule has 11 heteroatoms. The van der Waals surface area contributed by atoms with Crippen molar-refractivity contribution in [2.75, 3.05) is 80.8 Å². The molecule has 0 saturated carbocycles. The maximum atomic E-state index is 12.6. The number of piperazine rings is 2. The Kier molecular flexibility index (Phi) is 11.6. The van der Waals surface area contributed by atoms with E-state index in [1.807, 2.05) is 18.2 Å². The highest BCUT2D eigenvalue weighted by Crippen LogP contribution is 2.39. The Balaban J connectivity index is 1.15. The molecule has 262 valence electrons. The summed E-state index contributed by atoms with van der Waals surface area (Å²) in [5, 5.41) is 10.9. The molecule has 3 N–H and O–H groups in total. The molecule has 3 aromatic carbocycles. The Bertz CT molecular complexity index is 1690. The van der Waals surface area contributed by atoms with Crippen LogP contribution in [0.2, 0.25) is 0 Å². The number of aromatic nitrogens is 1. The van der Waals surface area contributed by atoms with Crippen molar-refractivity contribution in [1.29, 1.82) is 0 Å². The molecule has 1 atom stereocenters. The molecule has 0 radical (unpaired) electrons. The molecule has 0 aliphatic carbocycles. The lowest BCUT2D eigenvalue weighted by Gasteiger charge is -2.34. The molecule has 0 spiro atoms. The minimum absolute atomic E-state index is 0.0548. The molecule has 2 aliphatic heterocycles. The molecule has 0 bridgehead atoms. The molecule has 2 saturated heterocycles. The third-order valence-corrected chi connectivity index (χ3v) is 9.57. The first kappa shape index (κ1) is 34.6. The van der Waals surface area contributed by atoms with Gasteiger partial charge in [-0.3, -0.25) is 14.6 Å². The SMILES string of the molecule is COc1cc(CN2CCN(Cc3ccc4c(c3)c(-c3ccc(OC)cc3OC)cn4CCCNC(=O)C3CNCCN3)CC2)cc(OC)c1. The van der Waals surface area contributed by atoms with Gasteiger partial charge in [0.15, 0.2) is 0 Å². The average molecular weight is 671 g/mol. The average Bonchev–Trinajstić information content (AvgIpc) is 3.51. The van der Waals surface area contributed by atoms with Gasteiger partial charge in [0.2, 0.25) is 5.91 Å². The van der Waals surface area contributed by atoms with Crippen LogP contribution in [0.1, 0.15) is 17.5 Å². The summed E-state index contributed by atoms with van der Waals surface area (Å²) >= 11 is 0. The molecule has 6 rings (SSSR count). The Hall–Kier alpha value is -4.29. The maximum Gasteiger partial charge on any atom is 0.238 e. The molecule has 2 fully saturated rings. The Morgan fingerprint density at radius 3 is 2.14 bits per heavy atom. The van der Waals surface area contributed by atoms with Crippen LogP contribution in [-0.2, 0) is 24.4 Å². The van der Waals surface area contributed by atoms with E-state index in [-0.39, 0.29) is 11.9 Å². The van der Waals surface area contributed by atoms with Gasteiger partial charge >= 0.3 is 0 Å². The molecule has 1 unspecified atom stereocenters. The van der Waals surface area contributed by atoms with Crippen molar-refractivity contribution in [3.05, 3.63) is 71.9 Å². The van der Waals surface area contributed by atoms with E-state index in [9.17, 15) is 4.79 Å². The Labute approximate surface area is 289 Å². The molecule has 49 heavy (non-hydrogen) atoms. The highest BCUT2D eigenvalue weighted by atomic mass is 16.5. The summed E-state index contributed by atoms with van der Waals surface area (Å²) < 4.78 is 24.6. The summed E-state index contributed by atoms with van der Waals surface area (Å²) in [6.45, 7) is 9.51. The van der Waals surface area contributed by atoms with E-state index in [0.717, 1.165) is 99.4 Å². The van der Waals surface area contributed by atoms with Gasteiger partial charge in [0.1, 0.15) is 23.0 Å². The molecular weight excluding hydrogens is 620 g/mol. The predicted molar refractivity (Wildman–Crippen MR) is 193 cm³/mol.